The molecule has 1 saturated carbocycles. The van der Waals surface area contributed by atoms with Crippen molar-refractivity contribution in [3.05, 3.63) is 22.8 Å². The molecule has 174 valence electrons. The molecule has 31 heavy (non-hydrogen) atoms. The number of piperidine rings is 1. The van der Waals surface area contributed by atoms with Gasteiger partial charge in [0.05, 0.1) is 6.10 Å². The molecule has 6 atom stereocenters. The Morgan fingerprint density at radius 3 is 2.48 bits per heavy atom. The zero-order chi connectivity index (χ0) is 22.0. The van der Waals surface area contributed by atoms with Crippen molar-refractivity contribution < 1.29 is 5.11 Å². The van der Waals surface area contributed by atoms with Crippen LogP contribution in [0.25, 0.3) is 0 Å². The molecule has 1 aliphatic heterocycles. The smallest absolute Gasteiger partial charge is 0.0594 e. The summed E-state index contributed by atoms with van der Waals surface area (Å²) in [7, 11) is 0. The van der Waals surface area contributed by atoms with Gasteiger partial charge in [-0.15, -0.1) is 0 Å². The number of rotatable bonds is 3. The van der Waals surface area contributed by atoms with E-state index in [4.69, 9.17) is 0 Å². The Kier molecular flexibility index (Phi) is 5.53. The van der Waals surface area contributed by atoms with Crippen molar-refractivity contribution in [3.8, 4) is 0 Å². The predicted molar refractivity (Wildman–Crippen MR) is 130 cm³/mol. The van der Waals surface area contributed by atoms with Gasteiger partial charge < -0.3 is 10.0 Å². The van der Waals surface area contributed by atoms with Crippen molar-refractivity contribution in [2.24, 2.45) is 34.0 Å². The van der Waals surface area contributed by atoms with Crippen LogP contribution in [0.4, 0.5) is 0 Å². The van der Waals surface area contributed by atoms with Crippen LogP contribution >= 0.6 is 0 Å². The molecule has 0 radical (unpaired) electrons. The first-order chi connectivity index (χ1) is 14.7. The SMILES string of the molecule is CC(CN1CCCCC1)C1CC=C2C3=C(CCC21C)C1(C)CCC(O)C(C)(C)C1CC3. The monoisotopic (exact) mass is 425 g/mol. The van der Waals surface area contributed by atoms with Gasteiger partial charge in [0.15, 0.2) is 0 Å². The van der Waals surface area contributed by atoms with E-state index in [1.165, 1.54) is 77.4 Å². The Labute approximate surface area is 191 Å². The lowest BCUT2D eigenvalue weighted by Gasteiger charge is -2.59. The quantitative estimate of drug-likeness (QED) is 0.540. The Bertz CT molecular complexity index is 772. The first kappa shape index (κ1) is 22.2. The number of fused-ring (bicyclic) bond motifs is 4. The van der Waals surface area contributed by atoms with Gasteiger partial charge in [0, 0.05) is 6.54 Å². The molecule has 0 aromatic heterocycles. The van der Waals surface area contributed by atoms with Gasteiger partial charge in [-0.25, -0.2) is 0 Å². The topological polar surface area (TPSA) is 23.5 Å². The molecular weight excluding hydrogens is 378 g/mol. The summed E-state index contributed by atoms with van der Waals surface area (Å²) in [6.45, 7) is 16.4. The van der Waals surface area contributed by atoms with Gasteiger partial charge in [-0.2, -0.15) is 0 Å². The molecular formula is C29H47NO. The van der Waals surface area contributed by atoms with Crippen molar-refractivity contribution >= 4 is 0 Å². The van der Waals surface area contributed by atoms with Crippen molar-refractivity contribution in [2.45, 2.75) is 105 Å². The highest BCUT2D eigenvalue weighted by Gasteiger charge is 2.57. The molecule has 1 saturated heterocycles. The number of likely N-dealkylation sites (tertiary alicyclic amines) is 1. The first-order valence-corrected chi connectivity index (χ1v) is 13.5. The van der Waals surface area contributed by atoms with Crippen LogP contribution in [0.2, 0.25) is 0 Å². The fourth-order valence-corrected chi connectivity index (χ4v) is 9.25. The van der Waals surface area contributed by atoms with E-state index in [2.05, 4.69) is 45.6 Å². The molecule has 5 aliphatic rings. The maximum Gasteiger partial charge on any atom is 0.0594 e. The number of aliphatic hydroxyl groups is 1. The van der Waals surface area contributed by atoms with Crippen molar-refractivity contribution in [3.63, 3.8) is 0 Å². The standard InChI is InChI=1S/C29H47NO/c1-20(19-30-17-7-6-8-18-30)22-10-11-23-21-9-12-25-27(2,3)26(31)14-16-29(25,5)24(21)13-15-28(22,23)4/h11,20,22,25-26,31H,6-10,12-19H2,1-5H3. The van der Waals surface area contributed by atoms with Crippen LogP contribution in [-0.4, -0.2) is 35.7 Å². The van der Waals surface area contributed by atoms with Crippen molar-refractivity contribution in [2.75, 3.05) is 19.6 Å². The minimum Gasteiger partial charge on any atom is -0.393 e. The van der Waals surface area contributed by atoms with E-state index < -0.39 is 0 Å². The fourth-order valence-electron chi connectivity index (χ4n) is 9.25. The lowest BCUT2D eigenvalue weighted by Crippen LogP contribution is -2.53. The third-order valence-corrected chi connectivity index (χ3v) is 11.1. The Morgan fingerprint density at radius 1 is 1.00 bits per heavy atom. The van der Waals surface area contributed by atoms with Gasteiger partial charge in [0.25, 0.3) is 0 Å². The first-order valence-electron chi connectivity index (χ1n) is 13.5. The van der Waals surface area contributed by atoms with Gasteiger partial charge >= 0.3 is 0 Å². The number of hydrogen-bond acceptors (Lipinski definition) is 2. The molecule has 0 aromatic rings. The minimum atomic E-state index is -0.132. The van der Waals surface area contributed by atoms with Gasteiger partial charge in [-0.1, -0.05) is 52.7 Å². The van der Waals surface area contributed by atoms with E-state index in [1.807, 2.05) is 0 Å². The number of hydrogen-bond donors (Lipinski definition) is 1. The molecule has 5 rings (SSSR count). The van der Waals surface area contributed by atoms with Crippen molar-refractivity contribution in [1.29, 1.82) is 0 Å². The maximum absolute atomic E-state index is 10.8. The van der Waals surface area contributed by atoms with Crippen LogP contribution < -0.4 is 0 Å². The second-order valence-corrected chi connectivity index (χ2v) is 13.1. The van der Waals surface area contributed by atoms with E-state index in [0.717, 1.165) is 18.3 Å². The largest absolute Gasteiger partial charge is 0.393 e. The van der Waals surface area contributed by atoms with Crippen LogP contribution in [0.3, 0.4) is 0 Å². The summed E-state index contributed by atoms with van der Waals surface area (Å²) >= 11 is 0. The minimum absolute atomic E-state index is 0.0435. The number of allylic oxidation sites excluding steroid dienone is 4. The predicted octanol–water partition coefficient (Wildman–Crippen LogP) is 6.75. The van der Waals surface area contributed by atoms with Crippen LogP contribution in [0.15, 0.2) is 22.8 Å². The van der Waals surface area contributed by atoms with Gasteiger partial charge in [-0.05, 0) is 116 Å². The fraction of sp³-hybridized carbons (Fsp3) is 0.862. The van der Waals surface area contributed by atoms with E-state index in [9.17, 15) is 5.11 Å². The molecule has 2 fully saturated rings. The second-order valence-electron chi connectivity index (χ2n) is 13.1. The summed E-state index contributed by atoms with van der Waals surface area (Å²) in [5.41, 5.74) is 6.07. The lowest BCUT2D eigenvalue weighted by atomic mass is 9.46. The summed E-state index contributed by atoms with van der Waals surface area (Å²) in [5, 5.41) is 10.8. The molecule has 0 amide bonds. The average molecular weight is 426 g/mol. The highest BCUT2D eigenvalue weighted by atomic mass is 16.3. The summed E-state index contributed by atoms with van der Waals surface area (Å²) in [5.74, 6) is 2.23. The maximum atomic E-state index is 10.8. The zero-order valence-corrected chi connectivity index (χ0v) is 21.0. The Balaban J connectivity index is 1.40. The summed E-state index contributed by atoms with van der Waals surface area (Å²) in [4.78, 5) is 2.75. The number of aliphatic hydroxyl groups excluding tert-OH is 1. The molecule has 0 aromatic carbocycles. The molecule has 2 nitrogen and oxygen atoms in total. The Morgan fingerprint density at radius 2 is 1.74 bits per heavy atom. The molecule has 6 unspecified atom stereocenters. The van der Waals surface area contributed by atoms with Gasteiger partial charge in [-0.3, -0.25) is 0 Å². The molecule has 1 N–H and O–H groups in total. The highest BCUT2D eigenvalue weighted by Crippen LogP contribution is 2.66. The highest BCUT2D eigenvalue weighted by molar-refractivity contribution is 5.49. The summed E-state index contributed by atoms with van der Waals surface area (Å²) < 4.78 is 0. The zero-order valence-electron chi connectivity index (χ0n) is 21.0. The Hall–Kier alpha value is -0.600. The van der Waals surface area contributed by atoms with E-state index >= 15 is 0 Å². The van der Waals surface area contributed by atoms with Crippen LogP contribution in [0.1, 0.15) is 98.8 Å². The second kappa shape index (κ2) is 7.73. The van der Waals surface area contributed by atoms with Crippen LogP contribution in [0, 0.1) is 34.0 Å². The third kappa shape index (κ3) is 3.33. The summed E-state index contributed by atoms with van der Waals surface area (Å²) in [6, 6.07) is 0. The molecule has 0 spiro atoms. The molecule has 1 heterocycles. The third-order valence-electron chi connectivity index (χ3n) is 11.1. The van der Waals surface area contributed by atoms with Crippen LogP contribution in [-0.2, 0) is 0 Å². The number of nitrogens with zero attached hydrogens (tertiary/aromatic N) is 1. The normalized spacial score (nSPS) is 43.7. The average Bonchev–Trinajstić information content (AvgIpc) is 3.09. The van der Waals surface area contributed by atoms with Crippen LogP contribution in [0.5, 0.6) is 0 Å². The van der Waals surface area contributed by atoms with E-state index in [0.29, 0.717) is 16.7 Å². The van der Waals surface area contributed by atoms with E-state index in [1.54, 1.807) is 16.7 Å². The van der Waals surface area contributed by atoms with Crippen molar-refractivity contribution in [1.82, 2.24) is 4.90 Å². The molecule has 0 bridgehead atoms. The summed E-state index contributed by atoms with van der Waals surface area (Å²) in [6.07, 6.45) is 15.4. The van der Waals surface area contributed by atoms with Gasteiger partial charge in [0.2, 0.25) is 0 Å². The van der Waals surface area contributed by atoms with Gasteiger partial charge in [0.1, 0.15) is 0 Å². The van der Waals surface area contributed by atoms with E-state index in [-0.39, 0.29) is 11.5 Å². The molecule has 2 heteroatoms. The molecule has 4 aliphatic carbocycles. The lowest BCUT2D eigenvalue weighted by molar-refractivity contribution is -0.0905.